The van der Waals surface area contributed by atoms with Gasteiger partial charge in [-0.25, -0.2) is 8.42 Å². The summed E-state index contributed by atoms with van der Waals surface area (Å²) in [6.07, 6.45) is 2.87. The van der Waals surface area contributed by atoms with Crippen molar-refractivity contribution in [1.82, 2.24) is 5.32 Å². The van der Waals surface area contributed by atoms with Crippen LogP contribution < -0.4 is 14.4 Å². The van der Waals surface area contributed by atoms with Gasteiger partial charge in [-0.15, -0.1) is 0 Å². The molecular formula is C26H30N2O4S. The number of para-hydroxylation sites is 1. The van der Waals surface area contributed by atoms with Crippen LogP contribution in [0.2, 0.25) is 0 Å². The molecular weight excluding hydrogens is 436 g/mol. The van der Waals surface area contributed by atoms with E-state index in [0.717, 1.165) is 29.0 Å². The van der Waals surface area contributed by atoms with E-state index in [-0.39, 0.29) is 12.5 Å². The van der Waals surface area contributed by atoms with Crippen LogP contribution in [0.1, 0.15) is 30.5 Å². The van der Waals surface area contributed by atoms with Crippen molar-refractivity contribution in [3.63, 3.8) is 0 Å². The summed E-state index contributed by atoms with van der Waals surface area (Å²) in [5.74, 6) is 0.892. The molecule has 3 aromatic carbocycles. The van der Waals surface area contributed by atoms with Crippen LogP contribution in [0.4, 0.5) is 5.69 Å². The average molecular weight is 467 g/mol. The number of benzene rings is 3. The fraction of sp³-hybridized carbons (Fsp3) is 0.269. The maximum absolute atomic E-state index is 12.7. The fourth-order valence-corrected chi connectivity index (χ4v) is 4.35. The Morgan fingerprint density at radius 2 is 1.55 bits per heavy atom. The average Bonchev–Trinajstić information content (AvgIpc) is 2.81. The summed E-state index contributed by atoms with van der Waals surface area (Å²) >= 11 is 0. The predicted molar refractivity (Wildman–Crippen MR) is 132 cm³/mol. The molecule has 0 unspecified atom stereocenters. The summed E-state index contributed by atoms with van der Waals surface area (Å²) in [5.41, 5.74) is 3.82. The minimum atomic E-state index is -3.66. The standard InChI is InChI=1S/C26H30N2O4S/c1-4-20-11-12-21(5-2)22(17-20)18-27-26(29)19-28(33(3,30)31)23-13-15-25(16-14-23)32-24-9-7-6-8-10-24/h6-17H,4-5,18-19H2,1-3H3,(H,27,29). The highest BCUT2D eigenvalue weighted by Gasteiger charge is 2.21. The van der Waals surface area contributed by atoms with Crippen LogP contribution in [0, 0.1) is 0 Å². The molecule has 3 rings (SSSR count). The van der Waals surface area contributed by atoms with E-state index in [1.165, 1.54) is 11.1 Å². The number of hydrogen-bond donors (Lipinski definition) is 1. The lowest BCUT2D eigenvalue weighted by Gasteiger charge is -2.22. The Morgan fingerprint density at radius 3 is 2.15 bits per heavy atom. The molecule has 33 heavy (non-hydrogen) atoms. The molecule has 0 radical (unpaired) electrons. The molecule has 0 spiro atoms. The van der Waals surface area contributed by atoms with Gasteiger partial charge in [0.2, 0.25) is 15.9 Å². The second-order valence-corrected chi connectivity index (χ2v) is 9.67. The Balaban J connectivity index is 1.69. The first-order valence-corrected chi connectivity index (χ1v) is 12.8. The van der Waals surface area contributed by atoms with Gasteiger partial charge in [0.05, 0.1) is 11.9 Å². The highest BCUT2D eigenvalue weighted by Crippen LogP contribution is 2.25. The van der Waals surface area contributed by atoms with Crippen LogP contribution in [0.25, 0.3) is 0 Å². The Hall–Kier alpha value is -3.32. The number of carbonyl (C=O) groups excluding carboxylic acids is 1. The number of sulfonamides is 1. The van der Waals surface area contributed by atoms with Crippen molar-refractivity contribution in [3.8, 4) is 11.5 Å². The Kier molecular flexibility index (Phi) is 8.11. The first-order valence-electron chi connectivity index (χ1n) is 11.0. The van der Waals surface area contributed by atoms with E-state index in [1.54, 1.807) is 24.3 Å². The van der Waals surface area contributed by atoms with Gasteiger partial charge < -0.3 is 10.1 Å². The minimum Gasteiger partial charge on any atom is -0.457 e. The zero-order valence-corrected chi connectivity index (χ0v) is 20.1. The number of aryl methyl sites for hydroxylation is 2. The molecule has 0 saturated carbocycles. The van der Waals surface area contributed by atoms with Crippen LogP contribution in [-0.2, 0) is 34.2 Å². The van der Waals surface area contributed by atoms with Gasteiger partial charge in [0.15, 0.2) is 0 Å². The molecule has 0 aromatic heterocycles. The van der Waals surface area contributed by atoms with E-state index in [2.05, 4.69) is 37.4 Å². The maximum Gasteiger partial charge on any atom is 0.241 e. The summed E-state index contributed by atoms with van der Waals surface area (Å²) < 4.78 is 31.7. The normalized spacial score (nSPS) is 11.1. The van der Waals surface area contributed by atoms with Crippen LogP contribution >= 0.6 is 0 Å². The summed E-state index contributed by atoms with van der Waals surface area (Å²) in [4.78, 5) is 12.7. The van der Waals surface area contributed by atoms with Gasteiger partial charge in [-0.1, -0.05) is 50.2 Å². The molecule has 0 aliphatic heterocycles. The smallest absolute Gasteiger partial charge is 0.241 e. The van der Waals surface area contributed by atoms with Crippen LogP contribution in [0.15, 0.2) is 72.8 Å². The summed E-state index contributed by atoms with van der Waals surface area (Å²) in [6.45, 7) is 4.22. The van der Waals surface area contributed by atoms with E-state index in [9.17, 15) is 13.2 Å². The topological polar surface area (TPSA) is 75.7 Å². The molecule has 0 saturated heterocycles. The van der Waals surface area contributed by atoms with Crippen molar-refractivity contribution < 1.29 is 17.9 Å². The van der Waals surface area contributed by atoms with Gasteiger partial charge in [0.25, 0.3) is 0 Å². The Bertz CT molecular complexity index is 1180. The third kappa shape index (κ3) is 6.83. The van der Waals surface area contributed by atoms with Crippen molar-refractivity contribution >= 4 is 21.6 Å². The van der Waals surface area contributed by atoms with E-state index >= 15 is 0 Å². The van der Waals surface area contributed by atoms with Gasteiger partial charge >= 0.3 is 0 Å². The van der Waals surface area contributed by atoms with E-state index < -0.39 is 10.0 Å². The highest BCUT2D eigenvalue weighted by atomic mass is 32.2. The van der Waals surface area contributed by atoms with Crippen LogP contribution in [0.5, 0.6) is 11.5 Å². The number of rotatable bonds is 10. The number of carbonyl (C=O) groups is 1. The largest absolute Gasteiger partial charge is 0.457 e. The number of nitrogens with one attached hydrogen (secondary N) is 1. The number of amides is 1. The minimum absolute atomic E-state index is 0.299. The Labute approximate surface area is 196 Å². The summed E-state index contributed by atoms with van der Waals surface area (Å²) in [6, 6.07) is 22.2. The van der Waals surface area contributed by atoms with Crippen LogP contribution in [-0.4, -0.2) is 27.1 Å². The second-order valence-electron chi connectivity index (χ2n) is 7.77. The molecule has 6 nitrogen and oxygen atoms in total. The van der Waals surface area contributed by atoms with Crippen LogP contribution in [0.3, 0.4) is 0 Å². The number of hydrogen-bond acceptors (Lipinski definition) is 4. The van der Waals surface area contributed by atoms with Gasteiger partial charge in [-0.05, 0) is 65.9 Å². The van der Waals surface area contributed by atoms with Gasteiger partial charge in [0, 0.05) is 6.54 Å². The fourth-order valence-electron chi connectivity index (χ4n) is 3.49. The molecule has 3 aromatic rings. The predicted octanol–water partition coefficient (Wildman–Crippen LogP) is 4.69. The van der Waals surface area contributed by atoms with Gasteiger partial charge in [0.1, 0.15) is 18.0 Å². The first kappa shape index (κ1) is 24.3. The van der Waals surface area contributed by atoms with Crippen molar-refractivity contribution in [1.29, 1.82) is 0 Å². The highest BCUT2D eigenvalue weighted by molar-refractivity contribution is 7.92. The van der Waals surface area contributed by atoms with Crippen molar-refractivity contribution in [2.24, 2.45) is 0 Å². The number of anilines is 1. The molecule has 0 fully saturated rings. The molecule has 174 valence electrons. The zero-order valence-electron chi connectivity index (χ0n) is 19.2. The SMILES string of the molecule is CCc1ccc(CC)c(CNC(=O)CN(c2ccc(Oc3ccccc3)cc2)S(C)(=O)=O)c1. The molecule has 1 amide bonds. The van der Waals surface area contributed by atoms with Crippen molar-refractivity contribution in [2.45, 2.75) is 33.2 Å². The molecule has 0 heterocycles. The summed E-state index contributed by atoms with van der Waals surface area (Å²) in [5, 5.41) is 2.87. The molecule has 0 atom stereocenters. The molecule has 0 aliphatic carbocycles. The third-order valence-electron chi connectivity index (χ3n) is 5.33. The van der Waals surface area contributed by atoms with Gasteiger partial charge in [-0.2, -0.15) is 0 Å². The van der Waals surface area contributed by atoms with Crippen molar-refractivity contribution in [3.05, 3.63) is 89.5 Å². The quantitative estimate of drug-likeness (QED) is 0.471. The number of ether oxygens (including phenoxy) is 1. The van der Waals surface area contributed by atoms with Gasteiger partial charge in [-0.3, -0.25) is 9.10 Å². The maximum atomic E-state index is 12.7. The van der Waals surface area contributed by atoms with E-state index in [0.29, 0.717) is 23.7 Å². The monoisotopic (exact) mass is 466 g/mol. The first-order chi connectivity index (χ1) is 15.8. The van der Waals surface area contributed by atoms with E-state index in [4.69, 9.17) is 4.74 Å². The molecule has 0 bridgehead atoms. The molecule has 7 heteroatoms. The molecule has 0 aliphatic rings. The third-order valence-corrected chi connectivity index (χ3v) is 6.47. The van der Waals surface area contributed by atoms with E-state index in [1.807, 2.05) is 30.3 Å². The summed E-state index contributed by atoms with van der Waals surface area (Å²) in [7, 11) is -3.66. The lowest BCUT2D eigenvalue weighted by Crippen LogP contribution is -2.40. The Morgan fingerprint density at radius 1 is 0.879 bits per heavy atom. The molecule has 1 N–H and O–H groups in total. The second kappa shape index (κ2) is 11.0. The lowest BCUT2D eigenvalue weighted by molar-refractivity contribution is -0.119. The lowest BCUT2D eigenvalue weighted by atomic mass is 10.0. The zero-order chi connectivity index (χ0) is 23.8. The van der Waals surface area contributed by atoms with Crippen molar-refractivity contribution in [2.75, 3.05) is 17.1 Å². The number of nitrogens with zero attached hydrogens (tertiary/aromatic N) is 1.